The maximum absolute atomic E-state index is 12.5. The minimum atomic E-state index is -1.67. The molecule has 1 amide bonds. The summed E-state index contributed by atoms with van der Waals surface area (Å²) in [4.78, 5) is 51.0. The van der Waals surface area contributed by atoms with Crippen LogP contribution in [-0.4, -0.2) is 46.7 Å². The summed E-state index contributed by atoms with van der Waals surface area (Å²) in [5.74, 6) is -2.98. The maximum atomic E-state index is 12.5. The van der Waals surface area contributed by atoms with E-state index in [-0.39, 0.29) is 31.3 Å². The lowest BCUT2D eigenvalue weighted by molar-refractivity contribution is -0.157. The first-order valence-corrected chi connectivity index (χ1v) is 8.65. The van der Waals surface area contributed by atoms with Crippen LogP contribution in [0, 0.1) is 0 Å². The Kier molecular flexibility index (Phi) is 6.96. The molecule has 0 bridgehead atoms. The van der Waals surface area contributed by atoms with Crippen molar-refractivity contribution in [3.05, 3.63) is 52.1 Å². The van der Waals surface area contributed by atoms with Crippen LogP contribution in [0.2, 0.25) is 0 Å². The molecule has 0 fully saturated rings. The van der Waals surface area contributed by atoms with E-state index in [4.69, 9.17) is 15.2 Å². The van der Waals surface area contributed by atoms with Crippen molar-refractivity contribution in [2.75, 3.05) is 18.9 Å². The number of amides is 1. The smallest absolute Gasteiger partial charge is 0.340 e. The van der Waals surface area contributed by atoms with Gasteiger partial charge in [0.15, 0.2) is 0 Å². The van der Waals surface area contributed by atoms with Gasteiger partial charge in [-0.15, -0.1) is 0 Å². The number of hydrogen-bond acceptors (Lipinski definition) is 7. The zero-order valence-corrected chi connectivity index (χ0v) is 15.6. The molecular formula is C18H22N4O6. The second kappa shape index (κ2) is 9.40. The van der Waals surface area contributed by atoms with Gasteiger partial charge in [0.2, 0.25) is 6.04 Å². The molecule has 0 aliphatic heterocycles. The molecule has 1 heterocycles. The van der Waals surface area contributed by atoms with Crippen molar-refractivity contribution in [2.45, 2.75) is 26.4 Å². The summed E-state index contributed by atoms with van der Waals surface area (Å²) < 4.78 is 10.7. The van der Waals surface area contributed by atoms with E-state index >= 15 is 0 Å². The highest BCUT2D eigenvalue weighted by atomic mass is 16.6. The molecule has 4 N–H and O–H groups in total. The van der Waals surface area contributed by atoms with Crippen molar-refractivity contribution in [3.63, 3.8) is 0 Å². The van der Waals surface area contributed by atoms with Crippen LogP contribution < -0.4 is 16.7 Å². The summed E-state index contributed by atoms with van der Waals surface area (Å²) in [6.07, 6.45) is 0. The lowest BCUT2D eigenvalue weighted by Gasteiger charge is -2.15. The van der Waals surface area contributed by atoms with Crippen LogP contribution in [0.3, 0.4) is 0 Å². The largest absolute Gasteiger partial charge is 0.464 e. The van der Waals surface area contributed by atoms with Gasteiger partial charge in [0, 0.05) is 0 Å². The lowest BCUT2D eigenvalue weighted by atomic mass is 10.2. The average Bonchev–Trinajstić information content (AvgIpc) is 2.95. The van der Waals surface area contributed by atoms with Gasteiger partial charge in [0.05, 0.1) is 19.8 Å². The monoisotopic (exact) mass is 390 g/mol. The van der Waals surface area contributed by atoms with E-state index in [9.17, 15) is 19.2 Å². The summed E-state index contributed by atoms with van der Waals surface area (Å²) >= 11 is 0. The van der Waals surface area contributed by atoms with Crippen molar-refractivity contribution in [2.24, 2.45) is 0 Å². The van der Waals surface area contributed by atoms with Gasteiger partial charge in [-0.05, 0) is 19.4 Å². The van der Waals surface area contributed by atoms with E-state index in [0.717, 1.165) is 5.56 Å². The molecule has 0 spiro atoms. The first-order chi connectivity index (χ1) is 13.4. The zero-order chi connectivity index (χ0) is 20.7. The molecule has 0 unspecified atom stereocenters. The quantitative estimate of drug-likeness (QED) is 0.426. The number of nitrogens with zero attached hydrogens (tertiary/aromatic N) is 1. The third-order valence-electron chi connectivity index (χ3n) is 3.75. The SMILES string of the molecule is CCOC(=O)C(NC(=O)c1[nH]c(=O)n(Cc2ccccc2)c1N)C(=O)OCC. The van der Waals surface area contributed by atoms with Gasteiger partial charge in [-0.3, -0.25) is 14.3 Å². The first kappa shape index (κ1) is 20.7. The Labute approximate surface area is 160 Å². The number of rotatable bonds is 8. The number of aromatic amines is 1. The number of carbonyl (C=O) groups excluding carboxylic acids is 3. The van der Waals surface area contributed by atoms with Gasteiger partial charge in [0.1, 0.15) is 11.5 Å². The Hall–Kier alpha value is -3.56. The normalized spacial score (nSPS) is 10.5. The van der Waals surface area contributed by atoms with Crippen molar-refractivity contribution in [1.29, 1.82) is 0 Å². The summed E-state index contributed by atoms with van der Waals surface area (Å²) in [6.45, 7) is 3.28. The minimum absolute atomic E-state index is 0.0109. The topological polar surface area (TPSA) is 146 Å². The highest BCUT2D eigenvalue weighted by Crippen LogP contribution is 2.10. The number of aromatic nitrogens is 2. The van der Waals surface area contributed by atoms with Crippen LogP contribution in [0.4, 0.5) is 5.82 Å². The predicted molar refractivity (Wildman–Crippen MR) is 99.5 cm³/mol. The Balaban J connectivity index is 2.25. The molecular weight excluding hydrogens is 368 g/mol. The summed E-state index contributed by atoms with van der Waals surface area (Å²) in [7, 11) is 0. The van der Waals surface area contributed by atoms with Crippen molar-refractivity contribution in [1.82, 2.24) is 14.9 Å². The van der Waals surface area contributed by atoms with Gasteiger partial charge >= 0.3 is 17.6 Å². The molecule has 0 saturated carbocycles. The van der Waals surface area contributed by atoms with Gasteiger partial charge < -0.3 is 20.5 Å². The van der Waals surface area contributed by atoms with Crippen LogP contribution in [-0.2, 0) is 25.6 Å². The minimum Gasteiger partial charge on any atom is -0.464 e. The fourth-order valence-electron chi connectivity index (χ4n) is 2.45. The van der Waals surface area contributed by atoms with Crippen molar-refractivity contribution < 1.29 is 23.9 Å². The zero-order valence-electron chi connectivity index (χ0n) is 15.6. The number of benzene rings is 1. The van der Waals surface area contributed by atoms with Crippen LogP contribution in [0.5, 0.6) is 0 Å². The molecule has 10 heteroatoms. The number of H-pyrrole nitrogens is 1. The van der Waals surface area contributed by atoms with Gasteiger partial charge in [0.25, 0.3) is 5.91 Å². The number of nitrogen functional groups attached to an aromatic ring is 1. The van der Waals surface area contributed by atoms with E-state index in [0.29, 0.717) is 0 Å². The van der Waals surface area contributed by atoms with Crippen LogP contribution in [0.25, 0.3) is 0 Å². The molecule has 2 rings (SSSR count). The number of nitrogens with one attached hydrogen (secondary N) is 2. The fraction of sp³-hybridized carbons (Fsp3) is 0.333. The van der Waals surface area contributed by atoms with Gasteiger partial charge in [-0.1, -0.05) is 30.3 Å². The molecule has 0 saturated heterocycles. The summed E-state index contributed by atoms with van der Waals surface area (Å²) in [5.41, 5.74) is 5.87. The molecule has 0 radical (unpaired) electrons. The van der Waals surface area contributed by atoms with Gasteiger partial charge in [-0.2, -0.15) is 0 Å². The van der Waals surface area contributed by atoms with Gasteiger partial charge in [-0.25, -0.2) is 14.4 Å². The maximum Gasteiger partial charge on any atom is 0.340 e. The van der Waals surface area contributed by atoms with E-state index in [1.165, 1.54) is 4.57 Å². The highest BCUT2D eigenvalue weighted by molar-refractivity contribution is 6.06. The van der Waals surface area contributed by atoms with E-state index in [1.54, 1.807) is 38.1 Å². The summed E-state index contributed by atoms with van der Waals surface area (Å²) in [6, 6.07) is 7.37. The fourth-order valence-corrected chi connectivity index (χ4v) is 2.45. The molecule has 28 heavy (non-hydrogen) atoms. The van der Waals surface area contributed by atoms with Crippen molar-refractivity contribution in [3.8, 4) is 0 Å². The van der Waals surface area contributed by atoms with Crippen LogP contribution in [0.1, 0.15) is 29.9 Å². The molecule has 1 aromatic carbocycles. The lowest BCUT2D eigenvalue weighted by Crippen LogP contribution is -2.48. The molecule has 150 valence electrons. The predicted octanol–water partition coefficient (Wildman–Crippen LogP) is 0.0315. The number of imidazole rings is 1. The standard InChI is InChI=1S/C18H22N4O6/c1-3-27-16(24)13(17(25)28-4-2)20-15(23)12-14(19)22(18(26)21-12)10-11-8-6-5-7-9-11/h5-9,13H,3-4,10,19H2,1-2H3,(H,20,23)(H,21,26). The first-order valence-electron chi connectivity index (χ1n) is 8.65. The number of ether oxygens (including phenoxy) is 2. The molecule has 2 aromatic rings. The Morgan fingerprint density at radius 2 is 1.68 bits per heavy atom. The third kappa shape index (κ3) is 4.78. The Bertz CT molecular complexity index is 885. The molecule has 10 nitrogen and oxygen atoms in total. The van der Waals surface area contributed by atoms with Crippen molar-refractivity contribution >= 4 is 23.7 Å². The van der Waals surface area contributed by atoms with E-state index < -0.39 is 29.6 Å². The third-order valence-corrected chi connectivity index (χ3v) is 3.75. The number of hydrogen-bond donors (Lipinski definition) is 3. The molecule has 1 aromatic heterocycles. The summed E-state index contributed by atoms with van der Waals surface area (Å²) in [5, 5.41) is 2.20. The Morgan fingerprint density at radius 1 is 1.11 bits per heavy atom. The van der Waals surface area contributed by atoms with E-state index in [1.807, 2.05) is 6.07 Å². The average molecular weight is 390 g/mol. The molecule has 0 aliphatic rings. The number of esters is 2. The second-order valence-electron chi connectivity index (χ2n) is 5.67. The number of anilines is 1. The second-order valence-corrected chi connectivity index (χ2v) is 5.67. The molecule has 0 aliphatic carbocycles. The Morgan fingerprint density at radius 3 is 2.21 bits per heavy atom. The highest BCUT2D eigenvalue weighted by Gasteiger charge is 2.33. The van der Waals surface area contributed by atoms with Crippen LogP contribution in [0.15, 0.2) is 35.1 Å². The number of nitrogens with two attached hydrogens (primary N) is 1. The number of carbonyl (C=O) groups is 3. The molecule has 0 atom stereocenters. The van der Waals surface area contributed by atoms with E-state index in [2.05, 4.69) is 10.3 Å². The van der Waals surface area contributed by atoms with Crippen LogP contribution >= 0.6 is 0 Å².